The zero-order valence-electron chi connectivity index (χ0n) is 7.19. The van der Waals surface area contributed by atoms with Crippen LogP contribution in [0.5, 0.6) is 11.5 Å². The Hall–Kier alpha value is -0.980. The Bertz CT molecular complexity index is 457. The predicted molar refractivity (Wildman–Crippen MR) is 51.0 cm³/mol. The Morgan fingerprint density at radius 1 is 1.50 bits per heavy atom. The van der Waals surface area contributed by atoms with E-state index in [1.54, 1.807) is 0 Å². The molecule has 0 aliphatic heterocycles. The summed E-state index contributed by atoms with van der Waals surface area (Å²) in [7, 11) is -2.73. The highest BCUT2D eigenvalue weighted by Crippen LogP contribution is 2.35. The fourth-order valence-corrected chi connectivity index (χ4v) is 1.86. The molecule has 3 N–H and O–H groups in total. The van der Waals surface area contributed by atoms with E-state index in [-0.39, 0.29) is 10.8 Å². The molecule has 1 aromatic rings. The molecule has 0 fully saturated rings. The average molecular weight is 238 g/mol. The van der Waals surface area contributed by atoms with Crippen LogP contribution in [0.25, 0.3) is 0 Å². The highest BCUT2D eigenvalue weighted by Gasteiger charge is 2.18. The summed E-state index contributed by atoms with van der Waals surface area (Å²) in [6.45, 7) is 0. The van der Waals surface area contributed by atoms with Crippen LogP contribution < -0.4 is 9.88 Å². The Morgan fingerprint density at radius 2 is 2.07 bits per heavy atom. The maximum Gasteiger partial charge on any atom is 0.241 e. The molecule has 0 saturated heterocycles. The zero-order valence-corrected chi connectivity index (χ0v) is 8.76. The number of phenols is 1. The third-order valence-electron chi connectivity index (χ3n) is 1.53. The van der Waals surface area contributed by atoms with Gasteiger partial charge in [0, 0.05) is 11.1 Å². The lowest BCUT2D eigenvalue weighted by Crippen LogP contribution is -2.12. The highest BCUT2D eigenvalue weighted by molar-refractivity contribution is 7.89. The number of methoxy groups -OCH3 is 1. The molecule has 0 aromatic heterocycles. The minimum Gasteiger partial charge on any atom is -0.503 e. The van der Waals surface area contributed by atoms with Crippen LogP contribution in [0.1, 0.15) is 0 Å². The number of hydrogen-bond acceptors (Lipinski definition) is 4. The van der Waals surface area contributed by atoms with Gasteiger partial charge in [-0.05, 0) is 6.07 Å². The molecule has 0 radical (unpaired) electrons. The molecular weight excluding hydrogens is 230 g/mol. The first-order chi connectivity index (χ1) is 6.36. The molecular formula is C7H8ClNO4S. The summed E-state index contributed by atoms with van der Waals surface area (Å²) in [4.78, 5) is -0.457. The SMILES string of the molecule is COc1cc(Cl)cc(S(N)(=O)=O)c1O. The van der Waals surface area contributed by atoms with E-state index < -0.39 is 20.7 Å². The van der Waals surface area contributed by atoms with Crippen molar-refractivity contribution in [3.63, 3.8) is 0 Å². The molecule has 0 aliphatic rings. The van der Waals surface area contributed by atoms with Crippen molar-refractivity contribution < 1.29 is 18.3 Å². The quantitative estimate of drug-likeness (QED) is 0.792. The van der Waals surface area contributed by atoms with Crippen molar-refractivity contribution in [2.45, 2.75) is 4.90 Å². The summed E-state index contributed by atoms with van der Waals surface area (Å²) < 4.78 is 26.7. The Morgan fingerprint density at radius 3 is 2.50 bits per heavy atom. The van der Waals surface area contributed by atoms with Gasteiger partial charge in [0.1, 0.15) is 4.90 Å². The number of aromatic hydroxyl groups is 1. The van der Waals surface area contributed by atoms with E-state index in [2.05, 4.69) is 0 Å². The molecule has 0 aliphatic carbocycles. The first-order valence-electron chi connectivity index (χ1n) is 3.45. The molecule has 0 saturated carbocycles. The maximum atomic E-state index is 11.0. The highest BCUT2D eigenvalue weighted by atomic mass is 35.5. The molecule has 0 unspecified atom stereocenters. The van der Waals surface area contributed by atoms with Crippen molar-refractivity contribution in [1.82, 2.24) is 0 Å². The normalized spacial score (nSPS) is 11.4. The number of benzene rings is 1. The van der Waals surface area contributed by atoms with E-state index in [4.69, 9.17) is 21.5 Å². The van der Waals surface area contributed by atoms with Gasteiger partial charge in [-0.1, -0.05) is 11.6 Å². The van der Waals surface area contributed by atoms with Crippen molar-refractivity contribution in [1.29, 1.82) is 0 Å². The number of hydrogen-bond donors (Lipinski definition) is 2. The van der Waals surface area contributed by atoms with E-state index in [9.17, 15) is 13.5 Å². The van der Waals surface area contributed by atoms with Gasteiger partial charge in [-0.25, -0.2) is 13.6 Å². The Labute approximate surface area is 86.1 Å². The minimum atomic E-state index is -4.00. The molecule has 7 heteroatoms. The summed E-state index contributed by atoms with van der Waals surface area (Å²) in [6.07, 6.45) is 0. The lowest BCUT2D eigenvalue weighted by molar-refractivity contribution is 0.366. The second-order valence-corrected chi connectivity index (χ2v) is 4.47. The van der Waals surface area contributed by atoms with Gasteiger partial charge in [0.05, 0.1) is 7.11 Å². The molecule has 14 heavy (non-hydrogen) atoms. The molecule has 0 bridgehead atoms. The van der Waals surface area contributed by atoms with Crippen molar-refractivity contribution in [2.75, 3.05) is 7.11 Å². The molecule has 0 heterocycles. The van der Waals surface area contributed by atoms with Gasteiger partial charge in [0.25, 0.3) is 0 Å². The lowest BCUT2D eigenvalue weighted by atomic mass is 10.3. The first kappa shape index (κ1) is 11.1. The second-order valence-electron chi connectivity index (χ2n) is 2.50. The minimum absolute atomic E-state index is 0.0403. The van der Waals surface area contributed by atoms with Crippen molar-refractivity contribution >= 4 is 21.6 Å². The fourth-order valence-electron chi connectivity index (χ4n) is 0.923. The smallest absolute Gasteiger partial charge is 0.241 e. The number of primary sulfonamides is 1. The van der Waals surface area contributed by atoms with Gasteiger partial charge >= 0.3 is 0 Å². The maximum absolute atomic E-state index is 11.0. The third kappa shape index (κ3) is 2.09. The summed E-state index contributed by atoms with van der Waals surface area (Å²) in [5, 5.41) is 14.4. The predicted octanol–water partition coefficient (Wildman–Crippen LogP) is 0.702. The number of ether oxygens (including phenoxy) is 1. The van der Waals surface area contributed by atoms with E-state index in [1.165, 1.54) is 13.2 Å². The number of rotatable bonds is 2. The van der Waals surface area contributed by atoms with Crippen LogP contribution in [0, 0.1) is 0 Å². The van der Waals surface area contributed by atoms with Crippen LogP contribution >= 0.6 is 11.6 Å². The first-order valence-corrected chi connectivity index (χ1v) is 5.38. The Balaban J connectivity index is 3.53. The van der Waals surface area contributed by atoms with Crippen LogP contribution in [0.4, 0.5) is 0 Å². The van der Waals surface area contributed by atoms with Crippen LogP contribution in [0.3, 0.4) is 0 Å². The molecule has 0 atom stereocenters. The molecule has 1 aromatic carbocycles. The van der Waals surface area contributed by atoms with Gasteiger partial charge < -0.3 is 9.84 Å². The number of sulfonamides is 1. The number of phenolic OH excluding ortho intramolecular Hbond substituents is 1. The zero-order chi connectivity index (χ0) is 10.9. The van der Waals surface area contributed by atoms with Crippen LogP contribution in [0.15, 0.2) is 17.0 Å². The molecule has 1 rings (SSSR count). The van der Waals surface area contributed by atoms with Crippen molar-refractivity contribution in [3.8, 4) is 11.5 Å². The van der Waals surface area contributed by atoms with E-state index >= 15 is 0 Å². The van der Waals surface area contributed by atoms with Gasteiger partial charge in [0.15, 0.2) is 11.5 Å². The largest absolute Gasteiger partial charge is 0.503 e. The average Bonchev–Trinajstić information content (AvgIpc) is 2.06. The van der Waals surface area contributed by atoms with Gasteiger partial charge in [-0.3, -0.25) is 0 Å². The van der Waals surface area contributed by atoms with Crippen molar-refractivity contribution in [3.05, 3.63) is 17.2 Å². The summed E-state index contributed by atoms with van der Waals surface area (Å²) in [6, 6.07) is 2.33. The topological polar surface area (TPSA) is 89.6 Å². The molecule has 0 amide bonds. The van der Waals surface area contributed by atoms with Crippen LogP contribution in [0.2, 0.25) is 5.02 Å². The Kier molecular flexibility index (Phi) is 2.89. The van der Waals surface area contributed by atoms with Gasteiger partial charge in [-0.2, -0.15) is 0 Å². The summed E-state index contributed by atoms with van der Waals surface area (Å²) >= 11 is 5.60. The summed E-state index contributed by atoms with van der Waals surface area (Å²) in [5.41, 5.74) is 0. The number of halogens is 1. The second kappa shape index (κ2) is 3.64. The molecule has 78 valence electrons. The van der Waals surface area contributed by atoms with Gasteiger partial charge in [0.2, 0.25) is 10.0 Å². The van der Waals surface area contributed by atoms with E-state index in [1.807, 2.05) is 0 Å². The number of nitrogens with two attached hydrogens (primary N) is 1. The van der Waals surface area contributed by atoms with Crippen molar-refractivity contribution in [2.24, 2.45) is 5.14 Å². The van der Waals surface area contributed by atoms with Crippen LogP contribution in [-0.4, -0.2) is 20.6 Å². The fraction of sp³-hybridized carbons (Fsp3) is 0.143. The molecule has 5 nitrogen and oxygen atoms in total. The standard InChI is InChI=1S/C7H8ClNO4S/c1-13-5-2-4(8)3-6(7(5)10)14(9,11)12/h2-3,10H,1H3,(H2,9,11,12). The monoisotopic (exact) mass is 237 g/mol. The van der Waals surface area contributed by atoms with E-state index in [0.29, 0.717) is 0 Å². The van der Waals surface area contributed by atoms with E-state index in [0.717, 1.165) is 6.07 Å². The third-order valence-corrected chi connectivity index (χ3v) is 2.67. The van der Waals surface area contributed by atoms with Gasteiger partial charge in [-0.15, -0.1) is 0 Å². The molecule has 0 spiro atoms. The lowest BCUT2D eigenvalue weighted by Gasteiger charge is -2.07. The van der Waals surface area contributed by atoms with Crippen LogP contribution in [-0.2, 0) is 10.0 Å². The summed E-state index contributed by atoms with van der Waals surface area (Å²) in [5.74, 6) is -0.582.